The minimum atomic E-state index is -0.685. The Kier molecular flexibility index (Phi) is 3.69. The van der Waals surface area contributed by atoms with Crippen LogP contribution in [0.2, 0.25) is 0 Å². The molecule has 8 heteroatoms. The van der Waals surface area contributed by atoms with Crippen LogP contribution in [-0.4, -0.2) is 22.4 Å². The molecule has 0 aliphatic carbocycles. The van der Waals surface area contributed by atoms with Crippen molar-refractivity contribution in [2.24, 2.45) is 17.0 Å². The van der Waals surface area contributed by atoms with Gasteiger partial charge in [-0.1, -0.05) is 0 Å². The molecule has 0 aliphatic heterocycles. The Labute approximate surface area is 98.9 Å². The summed E-state index contributed by atoms with van der Waals surface area (Å²) in [7, 11) is 0. The van der Waals surface area contributed by atoms with E-state index in [0.29, 0.717) is 18.2 Å². The molecule has 8 N–H and O–H groups in total. The molecule has 0 aromatic carbocycles. The topological polar surface area (TPSA) is 145 Å². The predicted octanol–water partition coefficient (Wildman–Crippen LogP) is -0.732. The third kappa shape index (κ3) is 3.45. The summed E-state index contributed by atoms with van der Waals surface area (Å²) in [5.41, 5.74) is 12.4. The van der Waals surface area contributed by atoms with Crippen LogP contribution >= 0.6 is 0 Å². The first kappa shape index (κ1) is 13.0. The maximum atomic E-state index is 11.1. The molecule has 0 bridgehead atoms. The van der Waals surface area contributed by atoms with Gasteiger partial charge in [0.2, 0.25) is 11.9 Å². The Hall–Kier alpha value is -2.09. The second-order valence-corrected chi connectivity index (χ2v) is 4.24. The highest BCUT2D eigenvalue weighted by atomic mass is 16.1. The van der Waals surface area contributed by atoms with Gasteiger partial charge < -0.3 is 22.2 Å². The molecule has 0 saturated carbocycles. The van der Waals surface area contributed by atoms with Crippen LogP contribution in [0.4, 0.5) is 17.6 Å². The van der Waals surface area contributed by atoms with E-state index in [4.69, 9.17) is 17.3 Å². The van der Waals surface area contributed by atoms with Crippen molar-refractivity contribution in [3.8, 4) is 0 Å². The summed E-state index contributed by atoms with van der Waals surface area (Å²) in [6.07, 6.45) is 0. The van der Waals surface area contributed by atoms with Crippen molar-refractivity contribution in [3.63, 3.8) is 0 Å². The zero-order valence-corrected chi connectivity index (χ0v) is 9.82. The van der Waals surface area contributed by atoms with Gasteiger partial charge in [-0.2, -0.15) is 9.97 Å². The number of nitrogen functional groups attached to an aromatic ring is 2. The average molecular weight is 239 g/mol. The fourth-order valence-electron chi connectivity index (χ4n) is 1.03. The average Bonchev–Trinajstić information content (AvgIpc) is 2.25. The molecule has 1 amide bonds. The molecule has 0 fully saturated rings. The van der Waals surface area contributed by atoms with Crippen molar-refractivity contribution in [2.75, 3.05) is 23.0 Å². The number of carbonyl (C=O) groups is 1. The maximum absolute atomic E-state index is 11.1. The minimum absolute atomic E-state index is 0.0832. The van der Waals surface area contributed by atoms with E-state index in [0.717, 1.165) is 0 Å². The molecule has 0 radical (unpaired) electrons. The van der Waals surface area contributed by atoms with Gasteiger partial charge in [-0.3, -0.25) is 4.79 Å². The molecule has 0 atom stereocenters. The number of aromatic nitrogens is 2. The molecule has 1 aromatic heterocycles. The number of nitrogens with one attached hydrogen (secondary N) is 2. The van der Waals surface area contributed by atoms with Gasteiger partial charge in [0.05, 0.1) is 5.41 Å². The van der Waals surface area contributed by atoms with Crippen LogP contribution in [0.5, 0.6) is 0 Å². The highest BCUT2D eigenvalue weighted by Crippen LogP contribution is 2.17. The molecular weight excluding hydrogens is 222 g/mol. The summed E-state index contributed by atoms with van der Waals surface area (Å²) in [4.78, 5) is 18.9. The number of carbonyl (C=O) groups excluding carboxylic acids is 1. The van der Waals surface area contributed by atoms with Gasteiger partial charge in [-0.15, -0.1) is 0 Å². The van der Waals surface area contributed by atoms with Crippen LogP contribution in [0, 0.1) is 5.41 Å². The number of amides is 1. The van der Waals surface area contributed by atoms with E-state index >= 15 is 0 Å². The van der Waals surface area contributed by atoms with Crippen LogP contribution in [0.1, 0.15) is 13.8 Å². The summed E-state index contributed by atoms with van der Waals surface area (Å²) in [5, 5.41) is 2.95. The quantitative estimate of drug-likeness (QED) is 0.336. The van der Waals surface area contributed by atoms with Gasteiger partial charge in [0.15, 0.2) is 0 Å². The first-order chi connectivity index (χ1) is 7.85. The molecular formula is C9H17N7O. The highest BCUT2D eigenvalue weighted by Gasteiger charge is 2.24. The third-order valence-electron chi connectivity index (χ3n) is 2.27. The summed E-state index contributed by atoms with van der Waals surface area (Å²) >= 11 is 0. The lowest BCUT2D eigenvalue weighted by molar-refractivity contribution is -0.125. The number of anilines is 3. The Morgan fingerprint density at radius 2 is 2.00 bits per heavy atom. The summed E-state index contributed by atoms with van der Waals surface area (Å²) in [5.74, 6) is 5.76. The summed E-state index contributed by atoms with van der Waals surface area (Å²) in [6.45, 7) is 3.80. The van der Waals surface area contributed by atoms with Crippen LogP contribution in [0.3, 0.4) is 0 Å². The van der Waals surface area contributed by atoms with Gasteiger partial charge in [0.1, 0.15) is 11.6 Å². The lowest BCUT2D eigenvalue weighted by atomic mass is 9.93. The van der Waals surface area contributed by atoms with E-state index in [-0.39, 0.29) is 5.95 Å². The van der Waals surface area contributed by atoms with Gasteiger partial charge in [-0.25, -0.2) is 5.84 Å². The molecule has 1 aromatic rings. The molecule has 8 nitrogen and oxygen atoms in total. The second-order valence-electron chi connectivity index (χ2n) is 4.24. The van der Waals surface area contributed by atoms with E-state index < -0.39 is 11.3 Å². The van der Waals surface area contributed by atoms with Gasteiger partial charge in [-0.05, 0) is 13.8 Å². The fourth-order valence-corrected chi connectivity index (χ4v) is 1.03. The first-order valence-electron chi connectivity index (χ1n) is 5.00. The highest BCUT2D eigenvalue weighted by molar-refractivity contribution is 5.80. The third-order valence-corrected chi connectivity index (χ3v) is 2.27. The van der Waals surface area contributed by atoms with Gasteiger partial charge in [0, 0.05) is 12.6 Å². The number of primary amides is 1. The van der Waals surface area contributed by atoms with Crippen molar-refractivity contribution >= 4 is 23.5 Å². The Morgan fingerprint density at radius 1 is 1.41 bits per heavy atom. The van der Waals surface area contributed by atoms with Crippen molar-refractivity contribution in [1.82, 2.24) is 9.97 Å². The summed E-state index contributed by atoms with van der Waals surface area (Å²) < 4.78 is 0. The maximum Gasteiger partial charge on any atom is 0.224 e. The molecule has 1 rings (SSSR count). The molecule has 17 heavy (non-hydrogen) atoms. The lowest BCUT2D eigenvalue weighted by Crippen LogP contribution is -2.37. The Morgan fingerprint density at radius 3 is 2.53 bits per heavy atom. The normalized spacial score (nSPS) is 11.0. The fraction of sp³-hybridized carbons (Fsp3) is 0.444. The van der Waals surface area contributed by atoms with E-state index in [1.807, 2.05) is 0 Å². The first-order valence-corrected chi connectivity index (χ1v) is 5.00. The second kappa shape index (κ2) is 4.83. The smallest absolute Gasteiger partial charge is 0.224 e. The number of rotatable bonds is 5. The number of nitrogens with zero attached hydrogens (tertiary/aromatic N) is 2. The number of hydrogen-bond acceptors (Lipinski definition) is 7. The van der Waals surface area contributed by atoms with Gasteiger partial charge >= 0.3 is 0 Å². The molecule has 0 spiro atoms. The molecule has 94 valence electrons. The lowest BCUT2D eigenvalue weighted by Gasteiger charge is -2.21. The molecule has 1 heterocycles. The zero-order chi connectivity index (χ0) is 13.1. The standard InChI is InChI=1S/C9H17N7O/c1-9(2,7(10)17)4-13-5-3-6(16-12)15-8(11)14-5/h3H,4,12H2,1-2H3,(H2,10,17)(H4,11,13,14,15,16). The van der Waals surface area contributed by atoms with Crippen molar-refractivity contribution in [3.05, 3.63) is 6.07 Å². The van der Waals surface area contributed by atoms with Crippen molar-refractivity contribution in [2.45, 2.75) is 13.8 Å². The van der Waals surface area contributed by atoms with E-state index in [9.17, 15) is 4.79 Å². The Bertz CT molecular complexity index is 418. The molecule has 0 aliphatic rings. The van der Waals surface area contributed by atoms with Gasteiger partial charge in [0.25, 0.3) is 0 Å². The molecule has 0 unspecified atom stereocenters. The minimum Gasteiger partial charge on any atom is -0.369 e. The zero-order valence-electron chi connectivity index (χ0n) is 9.82. The number of nitrogens with two attached hydrogens (primary N) is 3. The monoisotopic (exact) mass is 239 g/mol. The number of hydrogen-bond donors (Lipinski definition) is 5. The Balaban J connectivity index is 2.76. The van der Waals surface area contributed by atoms with E-state index in [1.54, 1.807) is 19.9 Å². The van der Waals surface area contributed by atoms with E-state index in [1.165, 1.54) is 0 Å². The van der Waals surface area contributed by atoms with Crippen molar-refractivity contribution < 1.29 is 4.79 Å². The largest absolute Gasteiger partial charge is 0.369 e. The van der Waals surface area contributed by atoms with E-state index in [2.05, 4.69) is 20.7 Å². The van der Waals surface area contributed by atoms with Crippen LogP contribution in [-0.2, 0) is 4.79 Å². The molecule has 0 saturated heterocycles. The summed E-state index contributed by atoms with van der Waals surface area (Å²) in [6, 6.07) is 1.58. The predicted molar refractivity (Wildman–Crippen MR) is 65.7 cm³/mol. The van der Waals surface area contributed by atoms with Crippen molar-refractivity contribution in [1.29, 1.82) is 0 Å². The van der Waals surface area contributed by atoms with Crippen LogP contribution < -0.4 is 28.1 Å². The SMILES string of the molecule is CC(C)(CNc1cc(NN)nc(N)n1)C(N)=O. The number of hydrazine groups is 1. The van der Waals surface area contributed by atoms with Crippen LogP contribution in [0.25, 0.3) is 0 Å². The van der Waals surface area contributed by atoms with Crippen LogP contribution in [0.15, 0.2) is 6.07 Å².